The van der Waals surface area contributed by atoms with Crippen molar-refractivity contribution >= 4 is 0 Å². The minimum absolute atomic E-state index is 0.215. The quantitative estimate of drug-likeness (QED) is 0.819. The first-order valence-electron chi connectivity index (χ1n) is 6.81. The molecule has 0 aromatic carbocycles. The summed E-state index contributed by atoms with van der Waals surface area (Å²) >= 11 is 0. The minimum atomic E-state index is -0.416. The zero-order chi connectivity index (χ0) is 12.3. The predicted molar refractivity (Wildman–Crippen MR) is 65.5 cm³/mol. The van der Waals surface area contributed by atoms with Crippen LogP contribution in [0.5, 0.6) is 0 Å². The third-order valence-corrected chi connectivity index (χ3v) is 3.61. The van der Waals surface area contributed by atoms with E-state index in [2.05, 4.69) is 5.32 Å². The van der Waals surface area contributed by atoms with Gasteiger partial charge >= 0.3 is 0 Å². The van der Waals surface area contributed by atoms with Gasteiger partial charge in [-0.15, -0.1) is 5.73 Å². The molecule has 2 rings (SSSR count). The van der Waals surface area contributed by atoms with E-state index in [1.165, 1.54) is 6.42 Å². The molecule has 0 aliphatic carbocycles. The Balaban J connectivity index is 1.70. The molecule has 0 spiro atoms. The predicted octanol–water partition coefficient (Wildman–Crippen LogP) is 1.85. The van der Waals surface area contributed by atoms with E-state index in [1.807, 2.05) is 13.8 Å². The second-order valence-electron chi connectivity index (χ2n) is 5.69. The van der Waals surface area contributed by atoms with Crippen LogP contribution in [0.15, 0.2) is 0 Å². The smallest absolute Gasteiger partial charge is 0.163 e. The van der Waals surface area contributed by atoms with Crippen molar-refractivity contribution in [1.29, 1.82) is 0 Å². The van der Waals surface area contributed by atoms with Gasteiger partial charge in [0.05, 0.1) is 18.9 Å². The van der Waals surface area contributed by atoms with Gasteiger partial charge in [-0.1, -0.05) is 12.8 Å². The molecule has 0 saturated carbocycles. The summed E-state index contributed by atoms with van der Waals surface area (Å²) < 4.78 is 11.3. The molecule has 2 saturated heterocycles. The van der Waals surface area contributed by atoms with Crippen molar-refractivity contribution < 1.29 is 9.47 Å². The molecule has 0 bridgehead atoms. The van der Waals surface area contributed by atoms with Crippen LogP contribution in [0.2, 0.25) is 0 Å². The summed E-state index contributed by atoms with van der Waals surface area (Å²) in [5, 5.41) is 3.28. The molecule has 2 heterocycles. The van der Waals surface area contributed by atoms with Crippen LogP contribution in [0.3, 0.4) is 0 Å². The number of nitrogens with one attached hydrogen (secondary N) is 1. The van der Waals surface area contributed by atoms with Crippen molar-refractivity contribution in [3.05, 3.63) is 0 Å². The maximum absolute atomic E-state index is 9.67. The summed E-state index contributed by atoms with van der Waals surface area (Å²) in [5.74, 6) is -0.416. The Bertz CT molecular complexity index is 246. The zero-order valence-electron chi connectivity index (χ0n) is 10.9. The summed E-state index contributed by atoms with van der Waals surface area (Å²) in [6.45, 7) is 4.61. The maximum Gasteiger partial charge on any atom is 0.163 e. The van der Waals surface area contributed by atoms with Crippen LogP contribution in [0.1, 0.15) is 52.4 Å². The Morgan fingerprint density at radius 3 is 2.71 bits per heavy atom. The van der Waals surface area contributed by atoms with Crippen molar-refractivity contribution in [1.82, 2.24) is 11.1 Å². The van der Waals surface area contributed by atoms with Crippen LogP contribution >= 0.6 is 0 Å². The lowest BCUT2D eigenvalue weighted by molar-refractivity contribution is -0.139. The van der Waals surface area contributed by atoms with E-state index in [1.54, 1.807) is 0 Å². The van der Waals surface area contributed by atoms with Gasteiger partial charge in [-0.3, -0.25) is 5.32 Å². The standard InChI is InChI=1S/C13H24N2O2/c1-13(2)16-9-11(17-13)8-7-10-5-3-4-6-12(14)15-10/h10-12,15H,3-9H2,1-2H3. The third-order valence-electron chi connectivity index (χ3n) is 3.61. The van der Waals surface area contributed by atoms with Gasteiger partial charge in [0.25, 0.3) is 0 Å². The Kier molecular flexibility index (Phi) is 4.42. The number of hydrogen-bond donors (Lipinski definition) is 1. The summed E-state index contributed by atoms with van der Waals surface area (Å²) in [6.07, 6.45) is 6.34. The van der Waals surface area contributed by atoms with Crippen LogP contribution in [0.25, 0.3) is 0 Å². The molecule has 4 heteroatoms. The van der Waals surface area contributed by atoms with Gasteiger partial charge in [0.15, 0.2) is 5.79 Å². The van der Waals surface area contributed by atoms with E-state index in [0.717, 1.165) is 32.1 Å². The lowest BCUT2D eigenvalue weighted by Crippen LogP contribution is -2.38. The molecule has 3 atom stereocenters. The average molecular weight is 240 g/mol. The first-order chi connectivity index (χ1) is 8.05. The fraction of sp³-hybridized carbons (Fsp3) is 1.00. The van der Waals surface area contributed by atoms with Gasteiger partial charge in [0.2, 0.25) is 0 Å². The highest BCUT2D eigenvalue weighted by Crippen LogP contribution is 2.26. The third kappa shape index (κ3) is 4.21. The van der Waals surface area contributed by atoms with Gasteiger partial charge in [0.1, 0.15) is 0 Å². The van der Waals surface area contributed by atoms with Crippen molar-refractivity contribution in [2.24, 2.45) is 0 Å². The fourth-order valence-electron chi connectivity index (χ4n) is 2.69. The topological polar surface area (TPSA) is 52.8 Å². The number of ether oxygens (including phenoxy) is 2. The lowest BCUT2D eigenvalue weighted by atomic mass is 10.0. The number of hydrogen-bond acceptors (Lipinski definition) is 3. The molecular formula is C13H24N2O2. The zero-order valence-corrected chi connectivity index (χ0v) is 10.9. The van der Waals surface area contributed by atoms with Crippen LogP contribution in [-0.4, -0.2) is 30.7 Å². The molecule has 0 aromatic rings. The lowest BCUT2D eigenvalue weighted by Gasteiger charge is -2.21. The Labute approximate surface area is 104 Å². The first-order valence-corrected chi connectivity index (χ1v) is 6.81. The van der Waals surface area contributed by atoms with Crippen LogP contribution in [0.4, 0.5) is 0 Å². The van der Waals surface area contributed by atoms with Gasteiger partial charge in [-0.2, -0.15) is 0 Å². The molecule has 17 heavy (non-hydrogen) atoms. The first kappa shape index (κ1) is 13.3. The second kappa shape index (κ2) is 5.65. The Hall–Kier alpha value is -0.160. The van der Waals surface area contributed by atoms with Gasteiger partial charge in [-0.25, -0.2) is 0 Å². The van der Waals surface area contributed by atoms with Crippen molar-refractivity contribution in [3.63, 3.8) is 0 Å². The SMILES string of the molecule is CC1(C)OCC(CCC2CCCCC([N])N2)O1. The molecule has 0 amide bonds. The van der Waals surface area contributed by atoms with Crippen molar-refractivity contribution in [2.45, 2.75) is 76.5 Å². The van der Waals surface area contributed by atoms with E-state index < -0.39 is 5.79 Å². The second-order valence-corrected chi connectivity index (χ2v) is 5.69. The molecule has 2 radical (unpaired) electrons. The molecule has 2 aliphatic rings. The maximum atomic E-state index is 9.67. The van der Waals surface area contributed by atoms with E-state index in [9.17, 15) is 5.73 Å². The molecule has 2 aliphatic heterocycles. The fourth-order valence-corrected chi connectivity index (χ4v) is 2.69. The van der Waals surface area contributed by atoms with E-state index in [4.69, 9.17) is 9.47 Å². The molecule has 2 fully saturated rings. The van der Waals surface area contributed by atoms with Gasteiger partial charge < -0.3 is 9.47 Å². The highest BCUT2D eigenvalue weighted by molar-refractivity contribution is 4.78. The number of nitrogens with zero attached hydrogens (tertiary/aromatic N) is 1. The normalized spacial score (nSPS) is 37.9. The monoisotopic (exact) mass is 240 g/mol. The summed E-state index contributed by atoms with van der Waals surface area (Å²) in [4.78, 5) is 0. The summed E-state index contributed by atoms with van der Waals surface area (Å²) in [7, 11) is 0. The summed E-state index contributed by atoms with van der Waals surface area (Å²) in [6, 6.07) is 0.430. The molecule has 4 nitrogen and oxygen atoms in total. The van der Waals surface area contributed by atoms with Crippen LogP contribution in [0, 0.1) is 0 Å². The van der Waals surface area contributed by atoms with Crippen molar-refractivity contribution in [3.8, 4) is 0 Å². The minimum Gasteiger partial charge on any atom is -0.348 e. The highest BCUT2D eigenvalue weighted by Gasteiger charge is 2.32. The van der Waals surface area contributed by atoms with E-state index in [-0.39, 0.29) is 12.3 Å². The highest BCUT2D eigenvalue weighted by atomic mass is 16.7. The van der Waals surface area contributed by atoms with Crippen LogP contribution in [-0.2, 0) is 9.47 Å². The molecular weight excluding hydrogens is 216 g/mol. The summed E-state index contributed by atoms with van der Waals surface area (Å²) in [5.41, 5.74) is 9.67. The van der Waals surface area contributed by atoms with Gasteiger partial charge in [0, 0.05) is 6.04 Å². The van der Waals surface area contributed by atoms with E-state index in [0.29, 0.717) is 12.6 Å². The van der Waals surface area contributed by atoms with Crippen molar-refractivity contribution in [2.75, 3.05) is 6.61 Å². The number of rotatable bonds is 3. The Morgan fingerprint density at radius 1 is 1.24 bits per heavy atom. The van der Waals surface area contributed by atoms with E-state index >= 15 is 0 Å². The Morgan fingerprint density at radius 2 is 2.00 bits per heavy atom. The molecule has 98 valence electrons. The largest absolute Gasteiger partial charge is 0.348 e. The van der Waals surface area contributed by atoms with Gasteiger partial charge in [-0.05, 0) is 39.5 Å². The molecule has 1 N–H and O–H groups in total. The average Bonchev–Trinajstić information content (AvgIpc) is 2.46. The molecule has 3 unspecified atom stereocenters. The molecule has 0 aromatic heterocycles. The van der Waals surface area contributed by atoms with Crippen LogP contribution < -0.4 is 11.1 Å².